The number of halogens is 1. The molecule has 0 saturated heterocycles. The molecule has 0 spiro atoms. The fraction of sp³-hybridized carbons (Fsp3) is 0.355. The maximum atomic E-state index is 14.0. The Morgan fingerprint density at radius 1 is 0.976 bits per heavy atom. The molecule has 1 aliphatic heterocycles. The molecule has 0 unspecified atom stereocenters. The monoisotopic (exact) mass is 597 g/mol. The summed E-state index contributed by atoms with van der Waals surface area (Å²) in [6, 6.07) is 15.7. The molecule has 1 atom stereocenters. The van der Waals surface area contributed by atoms with Gasteiger partial charge < -0.3 is 19.7 Å². The second kappa shape index (κ2) is 13.7. The summed E-state index contributed by atoms with van der Waals surface area (Å²) in [5, 5.41) is 2.86. The summed E-state index contributed by atoms with van der Waals surface area (Å²) < 4.78 is 53.9. The first-order chi connectivity index (χ1) is 20.1. The van der Waals surface area contributed by atoms with Crippen molar-refractivity contribution in [1.29, 1.82) is 0 Å². The highest BCUT2D eigenvalue weighted by Crippen LogP contribution is 2.34. The average molecular weight is 598 g/mol. The number of nitrogens with zero attached hydrogens (tertiary/aromatic N) is 2. The average Bonchev–Trinajstić information content (AvgIpc) is 2.99. The first-order valence-electron chi connectivity index (χ1n) is 13.9. The zero-order chi connectivity index (χ0) is 30.3. The molecule has 0 radical (unpaired) electrons. The van der Waals surface area contributed by atoms with E-state index in [0.29, 0.717) is 18.9 Å². The molecule has 0 fully saturated rings. The summed E-state index contributed by atoms with van der Waals surface area (Å²) in [6.07, 6.45) is 1.68. The molecule has 42 heavy (non-hydrogen) atoms. The first kappa shape index (κ1) is 30.8. The maximum absolute atomic E-state index is 14.0. The number of aryl methyl sites for hydroxylation is 1. The van der Waals surface area contributed by atoms with Crippen LogP contribution in [0.1, 0.15) is 37.8 Å². The Hall–Kier alpha value is -4.12. The number of carbonyl (C=O) groups is 2. The highest BCUT2D eigenvalue weighted by Gasteiger charge is 2.33. The molecular weight excluding hydrogens is 561 g/mol. The summed E-state index contributed by atoms with van der Waals surface area (Å²) in [5.74, 6) is -0.811. The van der Waals surface area contributed by atoms with Crippen LogP contribution in [0.2, 0.25) is 0 Å². The second-order valence-corrected chi connectivity index (χ2v) is 12.0. The molecule has 0 bridgehead atoms. The molecule has 1 N–H and O–H groups in total. The van der Waals surface area contributed by atoms with Crippen LogP contribution in [0.15, 0.2) is 71.6 Å². The highest BCUT2D eigenvalue weighted by molar-refractivity contribution is 7.92. The van der Waals surface area contributed by atoms with E-state index in [1.807, 2.05) is 38.1 Å². The Morgan fingerprint density at radius 3 is 2.31 bits per heavy atom. The number of ether oxygens (including phenoxy) is 2. The van der Waals surface area contributed by atoms with Gasteiger partial charge in [0.15, 0.2) is 11.5 Å². The van der Waals surface area contributed by atoms with E-state index in [1.54, 1.807) is 6.92 Å². The molecule has 0 aromatic heterocycles. The maximum Gasteiger partial charge on any atom is 0.264 e. The Bertz CT molecular complexity index is 1500. The number of benzene rings is 3. The van der Waals surface area contributed by atoms with E-state index in [2.05, 4.69) is 5.32 Å². The Morgan fingerprint density at radius 2 is 1.64 bits per heavy atom. The van der Waals surface area contributed by atoms with Crippen molar-refractivity contribution in [2.45, 2.75) is 51.1 Å². The highest BCUT2D eigenvalue weighted by atomic mass is 32.2. The van der Waals surface area contributed by atoms with Gasteiger partial charge in [0.25, 0.3) is 10.0 Å². The van der Waals surface area contributed by atoms with Crippen molar-refractivity contribution in [3.63, 3.8) is 0 Å². The van der Waals surface area contributed by atoms with Gasteiger partial charge in [0.2, 0.25) is 11.8 Å². The number of hydrogen-bond acceptors (Lipinski definition) is 6. The van der Waals surface area contributed by atoms with E-state index < -0.39 is 34.3 Å². The predicted octanol–water partition coefficient (Wildman–Crippen LogP) is 4.43. The second-order valence-electron chi connectivity index (χ2n) is 10.1. The van der Waals surface area contributed by atoms with Gasteiger partial charge in [-0.2, -0.15) is 0 Å². The first-order valence-corrected chi connectivity index (χ1v) is 15.3. The Balaban J connectivity index is 1.69. The van der Waals surface area contributed by atoms with Crippen LogP contribution in [-0.2, 0) is 26.2 Å². The van der Waals surface area contributed by atoms with Crippen molar-refractivity contribution in [3.05, 3.63) is 83.7 Å². The molecular formula is C31H36FN3O6S. The molecule has 1 heterocycles. The molecule has 4 rings (SSSR count). The smallest absolute Gasteiger partial charge is 0.264 e. The lowest BCUT2D eigenvalue weighted by molar-refractivity contribution is -0.139. The molecule has 3 aromatic rings. The summed E-state index contributed by atoms with van der Waals surface area (Å²) in [4.78, 5) is 28.3. The van der Waals surface area contributed by atoms with Crippen LogP contribution in [-0.4, -0.2) is 57.5 Å². The van der Waals surface area contributed by atoms with Gasteiger partial charge in [-0.1, -0.05) is 43.2 Å². The van der Waals surface area contributed by atoms with Crippen LogP contribution in [0.3, 0.4) is 0 Å². The van der Waals surface area contributed by atoms with Crippen LogP contribution < -0.4 is 19.1 Å². The van der Waals surface area contributed by atoms with Crippen molar-refractivity contribution < 1.29 is 31.9 Å². The van der Waals surface area contributed by atoms with Crippen molar-refractivity contribution in [1.82, 2.24) is 10.2 Å². The molecule has 1 aliphatic rings. The van der Waals surface area contributed by atoms with Crippen LogP contribution >= 0.6 is 0 Å². The summed E-state index contributed by atoms with van der Waals surface area (Å²) >= 11 is 0. The van der Waals surface area contributed by atoms with Crippen LogP contribution in [0.4, 0.5) is 10.1 Å². The minimum Gasteiger partial charge on any atom is -0.486 e. The number of anilines is 1. The van der Waals surface area contributed by atoms with Crippen LogP contribution in [0, 0.1) is 12.7 Å². The quantitative estimate of drug-likeness (QED) is 0.310. The fourth-order valence-corrected chi connectivity index (χ4v) is 5.89. The number of carbonyl (C=O) groups excluding carboxylic acids is 2. The van der Waals surface area contributed by atoms with Crippen LogP contribution in [0.5, 0.6) is 11.5 Å². The van der Waals surface area contributed by atoms with Gasteiger partial charge in [-0.25, -0.2) is 12.8 Å². The third kappa shape index (κ3) is 7.39. The summed E-state index contributed by atoms with van der Waals surface area (Å²) in [7, 11) is -4.34. The predicted molar refractivity (Wildman–Crippen MR) is 157 cm³/mol. The van der Waals surface area contributed by atoms with Crippen molar-refractivity contribution in [2.24, 2.45) is 0 Å². The number of unbranched alkanes of at least 4 members (excludes halogenated alkanes) is 1. The number of fused-ring (bicyclic) bond motifs is 1. The Labute approximate surface area is 246 Å². The van der Waals surface area contributed by atoms with E-state index in [0.717, 1.165) is 40.4 Å². The van der Waals surface area contributed by atoms with E-state index in [1.165, 1.54) is 35.2 Å². The fourth-order valence-electron chi connectivity index (χ4n) is 4.46. The number of nitrogens with one attached hydrogen (secondary N) is 1. The summed E-state index contributed by atoms with van der Waals surface area (Å²) in [6.45, 7) is 6.11. The summed E-state index contributed by atoms with van der Waals surface area (Å²) in [5.41, 5.74) is 1.91. The number of amides is 2. The zero-order valence-corrected chi connectivity index (χ0v) is 24.8. The Kier molecular flexibility index (Phi) is 10.1. The van der Waals surface area contributed by atoms with Gasteiger partial charge in [-0.05, 0) is 62.2 Å². The van der Waals surface area contributed by atoms with Crippen LogP contribution in [0.25, 0.3) is 0 Å². The number of rotatable bonds is 12. The molecule has 11 heteroatoms. The lowest BCUT2D eigenvalue weighted by Gasteiger charge is -2.32. The van der Waals surface area contributed by atoms with E-state index >= 15 is 0 Å². The van der Waals surface area contributed by atoms with E-state index in [-0.39, 0.29) is 35.4 Å². The standard InChI is InChI=1S/C31H36FN3O6S/c1-4-5-16-33-31(37)23(3)34(20-24-8-6-22(2)7-9-24)30(36)21-35(26-12-10-25(32)11-13-26)42(38,39)27-14-15-28-29(19-27)41-18-17-40-28/h6-15,19,23H,4-5,16-18,20-21H2,1-3H3,(H,33,37)/t23-/m1/s1. The van der Waals surface area contributed by atoms with Crippen molar-refractivity contribution in [2.75, 3.05) is 30.6 Å². The third-order valence-corrected chi connectivity index (χ3v) is 8.74. The van der Waals surface area contributed by atoms with Gasteiger partial charge in [0, 0.05) is 19.2 Å². The van der Waals surface area contributed by atoms with Gasteiger partial charge >= 0.3 is 0 Å². The largest absolute Gasteiger partial charge is 0.486 e. The van der Waals surface area contributed by atoms with Gasteiger partial charge in [0.05, 0.1) is 10.6 Å². The lowest BCUT2D eigenvalue weighted by atomic mass is 10.1. The molecule has 3 aromatic carbocycles. The molecule has 9 nitrogen and oxygen atoms in total. The van der Waals surface area contributed by atoms with E-state index in [4.69, 9.17) is 9.47 Å². The van der Waals surface area contributed by atoms with Crippen molar-refractivity contribution >= 4 is 27.5 Å². The number of hydrogen-bond donors (Lipinski definition) is 1. The third-order valence-electron chi connectivity index (χ3n) is 6.97. The molecule has 0 saturated carbocycles. The molecule has 224 valence electrons. The molecule has 2 amide bonds. The minimum absolute atomic E-state index is 0.0861. The van der Waals surface area contributed by atoms with Crippen molar-refractivity contribution in [3.8, 4) is 11.5 Å². The minimum atomic E-state index is -4.34. The molecule has 0 aliphatic carbocycles. The zero-order valence-electron chi connectivity index (χ0n) is 24.0. The van der Waals surface area contributed by atoms with Gasteiger partial charge in [0.1, 0.15) is 31.6 Å². The topological polar surface area (TPSA) is 105 Å². The van der Waals surface area contributed by atoms with Gasteiger partial charge in [-0.15, -0.1) is 0 Å². The lowest BCUT2D eigenvalue weighted by Crippen LogP contribution is -2.51. The number of sulfonamides is 1. The normalized spacial score (nSPS) is 13.2. The van der Waals surface area contributed by atoms with Gasteiger partial charge in [-0.3, -0.25) is 13.9 Å². The SMILES string of the molecule is CCCCNC(=O)[C@@H](C)N(Cc1ccc(C)cc1)C(=O)CN(c1ccc(F)cc1)S(=O)(=O)c1ccc2c(c1)OCCO2. The van der Waals surface area contributed by atoms with E-state index in [9.17, 15) is 22.4 Å².